The van der Waals surface area contributed by atoms with E-state index >= 15 is 0 Å². The number of anilines is 1. The third kappa shape index (κ3) is 3.92. The van der Waals surface area contributed by atoms with E-state index in [2.05, 4.69) is 23.1 Å². The standard InChI is InChI=1S/C18H20Cl2N2O/c1-23-18-5-3-2-4-17(18)22-10-8-21(9-11-22)13-14-6-7-15(19)16(20)12-14/h2-7,12H,8-11,13H2,1H3/p+1. The van der Waals surface area contributed by atoms with Crippen LogP contribution in [0.4, 0.5) is 5.69 Å². The van der Waals surface area contributed by atoms with Crippen LogP contribution in [0.1, 0.15) is 5.56 Å². The van der Waals surface area contributed by atoms with E-state index in [-0.39, 0.29) is 0 Å². The molecule has 0 bridgehead atoms. The molecule has 3 rings (SSSR count). The first-order valence-corrected chi connectivity index (χ1v) is 8.58. The Morgan fingerprint density at radius 1 is 1.04 bits per heavy atom. The number of piperazine rings is 1. The highest BCUT2D eigenvalue weighted by Gasteiger charge is 2.22. The van der Waals surface area contributed by atoms with Crippen LogP contribution >= 0.6 is 23.2 Å². The second-order valence-corrected chi connectivity index (χ2v) is 6.65. The number of nitrogens with zero attached hydrogens (tertiary/aromatic N) is 1. The van der Waals surface area contributed by atoms with Gasteiger partial charge in [0.15, 0.2) is 0 Å². The summed E-state index contributed by atoms with van der Waals surface area (Å²) in [6.07, 6.45) is 0. The van der Waals surface area contributed by atoms with Crippen molar-refractivity contribution >= 4 is 28.9 Å². The van der Waals surface area contributed by atoms with Crippen LogP contribution in [0.3, 0.4) is 0 Å². The second-order valence-electron chi connectivity index (χ2n) is 5.83. The van der Waals surface area contributed by atoms with Crippen molar-refractivity contribution in [2.75, 3.05) is 38.2 Å². The molecule has 122 valence electrons. The fourth-order valence-corrected chi connectivity index (χ4v) is 3.39. The summed E-state index contributed by atoms with van der Waals surface area (Å²) in [4.78, 5) is 3.96. The monoisotopic (exact) mass is 351 g/mol. The highest BCUT2D eigenvalue weighted by atomic mass is 35.5. The fraction of sp³-hybridized carbons (Fsp3) is 0.333. The minimum atomic E-state index is 0.617. The first kappa shape index (κ1) is 16.4. The van der Waals surface area contributed by atoms with Crippen LogP contribution < -0.4 is 14.5 Å². The summed E-state index contributed by atoms with van der Waals surface area (Å²) in [5.41, 5.74) is 2.42. The lowest BCUT2D eigenvalue weighted by atomic mass is 10.2. The lowest BCUT2D eigenvalue weighted by Crippen LogP contribution is -3.13. The molecule has 0 aromatic heterocycles. The molecule has 1 saturated heterocycles. The average Bonchev–Trinajstić information content (AvgIpc) is 2.59. The molecule has 2 aromatic carbocycles. The molecule has 2 aromatic rings. The molecule has 0 atom stereocenters. The topological polar surface area (TPSA) is 16.9 Å². The van der Waals surface area contributed by atoms with Gasteiger partial charge in [-0.1, -0.05) is 41.4 Å². The molecule has 0 saturated carbocycles. The molecule has 0 radical (unpaired) electrons. The smallest absolute Gasteiger partial charge is 0.142 e. The quantitative estimate of drug-likeness (QED) is 0.911. The maximum absolute atomic E-state index is 6.10. The van der Waals surface area contributed by atoms with E-state index in [4.69, 9.17) is 27.9 Å². The summed E-state index contributed by atoms with van der Waals surface area (Å²) >= 11 is 12.1. The Morgan fingerprint density at radius 2 is 1.78 bits per heavy atom. The van der Waals surface area contributed by atoms with E-state index in [0.29, 0.717) is 10.0 Å². The van der Waals surface area contributed by atoms with Gasteiger partial charge in [0.2, 0.25) is 0 Å². The summed E-state index contributed by atoms with van der Waals surface area (Å²) in [6, 6.07) is 14.1. The summed E-state index contributed by atoms with van der Waals surface area (Å²) in [5.74, 6) is 0.945. The molecule has 1 fully saturated rings. The van der Waals surface area contributed by atoms with Crippen molar-refractivity contribution in [2.24, 2.45) is 0 Å². The largest absolute Gasteiger partial charge is 0.495 e. The first-order valence-electron chi connectivity index (χ1n) is 7.83. The van der Waals surface area contributed by atoms with Crippen molar-refractivity contribution in [1.29, 1.82) is 0 Å². The molecule has 0 unspecified atom stereocenters. The number of benzene rings is 2. The van der Waals surface area contributed by atoms with E-state index in [1.54, 1.807) is 12.0 Å². The molecule has 0 amide bonds. The molecule has 0 spiro atoms. The van der Waals surface area contributed by atoms with Crippen molar-refractivity contribution in [3.63, 3.8) is 0 Å². The Morgan fingerprint density at radius 3 is 2.48 bits per heavy atom. The highest BCUT2D eigenvalue weighted by Crippen LogP contribution is 2.27. The highest BCUT2D eigenvalue weighted by molar-refractivity contribution is 6.42. The van der Waals surface area contributed by atoms with Gasteiger partial charge in [0, 0.05) is 5.56 Å². The van der Waals surface area contributed by atoms with Gasteiger partial charge in [-0.05, 0) is 24.3 Å². The van der Waals surface area contributed by atoms with E-state index in [1.807, 2.05) is 24.3 Å². The van der Waals surface area contributed by atoms with Gasteiger partial charge in [0.05, 0.1) is 49.0 Å². The molecular weight excluding hydrogens is 331 g/mol. The summed E-state index contributed by atoms with van der Waals surface area (Å²) in [6.45, 7) is 5.22. The Balaban J connectivity index is 1.61. The van der Waals surface area contributed by atoms with Crippen LogP contribution in [0.15, 0.2) is 42.5 Å². The van der Waals surface area contributed by atoms with Gasteiger partial charge in [-0.15, -0.1) is 0 Å². The van der Waals surface area contributed by atoms with E-state index in [0.717, 1.165) is 38.5 Å². The molecule has 3 nitrogen and oxygen atoms in total. The summed E-state index contributed by atoms with van der Waals surface area (Å²) < 4.78 is 5.47. The van der Waals surface area contributed by atoms with Crippen LogP contribution in [0, 0.1) is 0 Å². The minimum Gasteiger partial charge on any atom is -0.495 e. The number of rotatable bonds is 4. The second kappa shape index (κ2) is 7.43. The van der Waals surface area contributed by atoms with Crippen LogP contribution in [0.25, 0.3) is 0 Å². The Bertz CT molecular complexity index is 670. The molecule has 5 heteroatoms. The number of halogens is 2. The van der Waals surface area contributed by atoms with Crippen LogP contribution in [0.5, 0.6) is 5.75 Å². The average molecular weight is 352 g/mol. The predicted molar refractivity (Wildman–Crippen MR) is 96.1 cm³/mol. The van der Waals surface area contributed by atoms with Crippen molar-refractivity contribution in [2.45, 2.75) is 6.54 Å². The van der Waals surface area contributed by atoms with Gasteiger partial charge in [0.1, 0.15) is 12.3 Å². The number of hydrogen-bond donors (Lipinski definition) is 1. The Kier molecular flexibility index (Phi) is 5.31. The lowest BCUT2D eigenvalue weighted by Gasteiger charge is -2.34. The fourth-order valence-electron chi connectivity index (χ4n) is 3.07. The van der Waals surface area contributed by atoms with Gasteiger partial charge < -0.3 is 14.5 Å². The summed E-state index contributed by atoms with van der Waals surface area (Å²) in [5, 5.41) is 1.25. The van der Waals surface area contributed by atoms with E-state index in [9.17, 15) is 0 Å². The first-order chi connectivity index (χ1) is 11.2. The third-order valence-corrected chi connectivity index (χ3v) is 5.07. The maximum atomic E-state index is 6.10. The number of methoxy groups -OCH3 is 1. The van der Waals surface area contributed by atoms with E-state index in [1.165, 1.54) is 11.3 Å². The van der Waals surface area contributed by atoms with E-state index < -0.39 is 0 Å². The normalized spacial score (nSPS) is 15.7. The zero-order chi connectivity index (χ0) is 16.2. The van der Waals surface area contributed by atoms with Crippen molar-refractivity contribution < 1.29 is 9.64 Å². The van der Waals surface area contributed by atoms with Crippen molar-refractivity contribution in [3.05, 3.63) is 58.1 Å². The SMILES string of the molecule is COc1ccccc1N1CC[NH+](Cc2ccc(Cl)c(Cl)c2)CC1. The zero-order valence-corrected chi connectivity index (χ0v) is 14.7. The number of para-hydroxylation sites is 2. The number of nitrogens with one attached hydrogen (secondary N) is 1. The van der Waals surface area contributed by atoms with Gasteiger partial charge in [0.25, 0.3) is 0 Å². The molecular formula is C18H21Cl2N2O+. The van der Waals surface area contributed by atoms with Crippen LogP contribution in [-0.2, 0) is 6.54 Å². The molecule has 1 N–H and O–H groups in total. The minimum absolute atomic E-state index is 0.617. The summed E-state index contributed by atoms with van der Waals surface area (Å²) in [7, 11) is 1.73. The molecule has 1 aliphatic rings. The lowest BCUT2D eigenvalue weighted by molar-refractivity contribution is -0.914. The number of ether oxygens (including phenoxy) is 1. The van der Waals surface area contributed by atoms with Crippen LogP contribution in [0.2, 0.25) is 10.0 Å². The van der Waals surface area contributed by atoms with Crippen molar-refractivity contribution in [3.8, 4) is 5.75 Å². The number of quaternary nitrogens is 1. The van der Waals surface area contributed by atoms with Gasteiger partial charge >= 0.3 is 0 Å². The number of hydrogen-bond acceptors (Lipinski definition) is 2. The van der Waals surface area contributed by atoms with Gasteiger partial charge in [-0.25, -0.2) is 0 Å². The van der Waals surface area contributed by atoms with Crippen LogP contribution in [-0.4, -0.2) is 33.3 Å². The molecule has 1 heterocycles. The molecule has 1 aliphatic heterocycles. The molecule has 0 aliphatic carbocycles. The molecule has 23 heavy (non-hydrogen) atoms. The van der Waals surface area contributed by atoms with Gasteiger partial charge in [-0.3, -0.25) is 0 Å². The Hall–Kier alpha value is -1.42. The maximum Gasteiger partial charge on any atom is 0.142 e. The Labute approximate surface area is 147 Å². The van der Waals surface area contributed by atoms with Gasteiger partial charge in [-0.2, -0.15) is 0 Å². The van der Waals surface area contributed by atoms with Crippen molar-refractivity contribution in [1.82, 2.24) is 0 Å². The third-order valence-electron chi connectivity index (χ3n) is 4.33. The predicted octanol–water partition coefficient (Wildman–Crippen LogP) is 2.91. The zero-order valence-electron chi connectivity index (χ0n) is 13.2.